The lowest BCUT2D eigenvalue weighted by Gasteiger charge is -2.37. The van der Waals surface area contributed by atoms with Gasteiger partial charge in [-0.2, -0.15) is 0 Å². The molecule has 2 aromatic rings. The van der Waals surface area contributed by atoms with Crippen LogP contribution in [0.1, 0.15) is 51.8 Å². The Labute approximate surface area is 181 Å². The normalized spacial score (nSPS) is 19.4. The number of anilines is 1. The van der Waals surface area contributed by atoms with E-state index in [0.29, 0.717) is 17.7 Å². The van der Waals surface area contributed by atoms with Gasteiger partial charge in [-0.05, 0) is 31.0 Å². The number of benzene rings is 1. The average molecular weight is 453 g/mol. The number of rotatable bonds is 5. The van der Waals surface area contributed by atoms with Gasteiger partial charge in [-0.15, -0.1) is 11.3 Å². The van der Waals surface area contributed by atoms with E-state index in [0.717, 1.165) is 10.6 Å². The molecule has 0 spiro atoms. The molecule has 1 aromatic carbocycles. The first-order chi connectivity index (χ1) is 14.7. The van der Waals surface area contributed by atoms with E-state index in [1.54, 1.807) is 5.51 Å². The number of piperidine rings is 1. The second kappa shape index (κ2) is 8.58. The Hall–Kier alpha value is -2.46. The zero-order chi connectivity index (χ0) is 22.2. The lowest BCUT2D eigenvalue weighted by Crippen LogP contribution is -2.45. The average Bonchev–Trinajstić information content (AvgIpc) is 3.14. The molecule has 31 heavy (non-hydrogen) atoms. The fraction of sp³-hybridized carbons (Fsp3) is 0.476. The molecule has 3 heterocycles. The van der Waals surface area contributed by atoms with E-state index in [1.165, 1.54) is 23.5 Å². The molecule has 4 rings (SSSR count). The first-order valence-corrected chi connectivity index (χ1v) is 11.0. The van der Waals surface area contributed by atoms with Crippen LogP contribution in [0.5, 0.6) is 0 Å². The number of alkyl halides is 2. The largest absolute Gasteiger partial charge is 0.350 e. The van der Waals surface area contributed by atoms with Gasteiger partial charge in [0.2, 0.25) is 5.91 Å². The minimum absolute atomic E-state index is 0.0974. The fourth-order valence-corrected chi connectivity index (χ4v) is 4.98. The van der Waals surface area contributed by atoms with E-state index in [1.807, 2.05) is 11.8 Å². The number of carbonyl (C=O) groups excluding carboxylic acids is 2. The molecule has 1 saturated heterocycles. The van der Waals surface area contributed by atoms with E-state index in [-0.39, 0.29) is 56.4 Å². The van der Waals surface area contributed by atoms with Crippen LogP contribution in [-0.4, -0.2) is 47.3 Å². The number of hydrogen-bond acceptors (Lipinski definition) is 5. The molecule has 2 N–H and O–H groups in total. The van der Waals surface area contributed by atoms with Crippen molar-refractivity contribution in [2.45, 2.75) is 44.6 Å². The highest BCUT2D eigenvalue weighted by Crippen LogP contribution is 2.34. The number of carbonyl (C=O) groups is 2. The Morgan fingerprint density at radius 1 is 1.32 bits per heavy atom. The molecule has 1 fully saturated rings. The summed E-state index contributed by atoms with van der Waals surface area (Å²) >= 11 is 1.41. The van der Waals surface area contributed by atoms with Crippen molar-refractivity contribution >= 4 is 28.8 Å². The molecule has 0 aliphatic carbocycles. The van der Waals surface area contributed by atoms with Crippen molar-refractivity contribution in [2.24, 2.45) is 0 Å². The monoisotopic (exact) mass is 452 g/mol. The van der Waals surface area contributed by atoms with Crippen LogP contribution in [0.4, 0.5) is 18.9 Å². The molecule has 6 nitrogen and oxygen atoms in total. The van der Waals surface area contributed by atoms with E-state index >= 15 is 0 Å². The van der Waals surface area contributed by atoms with Crippen LogP contribution in [0.3, 0.4) is 0 Å². The molecule has 2 amide bonds. The zero-order valence-electron chi connectivity index (χ0n) is 17.0. The molecule has 1 atom stereocenters. The number of thiazole rings is 1. The third-order valence-corrected chi connectivity index (χ3v) is 6.88. The van der Waals surface area contributed by atoms with Gasteiger partial charge < -0.3 is 10.6 Å². The van der Waals surface area contributed by atoms with Gasteiger partial charge in [0, 0.05) is 49.5 Å². The maximum absolute atomic E-state index is 14.5. The summed E-state index contributed by atoms with van der Waals surface area (Å²) in [6.07, 6.45) is 0.249. The van der Waals surface area contributed by atoms with Crippen LogP contribution in [0.15, 0.2) is 17.6 Å². The Morgan fingerprint density at radius 3 is 2.74 bits per heavy atom. The Kier molecular flexibility index (Phi) is 6.02. The molecular weight excluding hydrogens is 429 g/mol. The highest BCUT2D eigenvalue weighted by Gasteiger charge is 2.37. The summed E-state index contributed by atoms with van der Waals surface area (Å²) in [5, 5.41) is 5.38. The molecule has 0 radical (unpaired) electrons. The lowest BCUT2D eigenvalue weighted by molar-refractivity contribution is -0.116. The predicted molar refractivity (Wildman–Crippen MR) is 111 cm³/mol. The number of hydrogen-bond donors (Lipinski definition) is 2. The molecule has 1 unspecified atom stereocenters. The van der Waals surface area contributed by atoms with E-state index in [9.17, 15) is 22.8 Å². The minimum Gasteiger partial charge on any atom is -0.350 e. The Balaban J connectivity index is 1.50. The van der Waals surface area contributed by atoms with Gasteiger partial charge in [-0.1, -0.05) is 0 Å². The van der Waals surface area contributed by atoms with Gasteiger partial charge in [0.25, 0.3) is 11.8 Å². The second-order valence-electron chi connectivity index (χ2n) is 7.96. The molecule has 10 heteroatoms. The van der Waals surface area contributed by atoms with Crippen LogP contribution in [0, 0.1) is 12.7 Å². The van der Waals surface area contributed by atoms with E-state index in [2.05, 4.69) is 15.6 Å². The molecule has 0 saturated carbocycles. The Morgan fingerprint density at radius 2 is 2.06 bits per heavy atom. The summed E-state index contributed by atoms with van der Waals surface area (Å²) < 4.78 is 41.8. The molecule has 2 aliphatic rings. The second-order valence-corrected chi connectivity index (χ2v) is 8.84. The summed E-state index contributed by atoms with van der Waals surface area (Å²) in [5.41, 5.74) is 3.48. The van der Waals surface area contributed by atoms with Crippen LogP contribution in [0.25, 0.3) is 0 Å². The highest BCUT2D eigenvalue weighted by atomic mass is 32.1. The summed E-state index contributed by atoms with van der Waals surface area (Å²) in [6.45, 7) is 2.41. The summed E-state index contributed by atoms with van der Waals surface area (Å²) in [5.74, 6) is -4.15. The van der Waals surface area contributed by atoms with Crippen molar-refractivity contribution in [3.8, 4) is 0 Å². The first-order valence-electron chi connectivity index (χ1n) is 10.2. The smallest absolute Gasteiger partial charge is 0.254 e. The maximum Gasteiger partial charge on any atom is 0.254 e. The quantitative estimate of drug-likeness (QED) is 0.726. The van der Waals surface area contributed by atoms with Gasteiger partial charge in [-0.25, -0.2) is 18.2 Å². The molecule has 2 aliphatic heterocycles. The molecule has 166 valence electrons. The van der Waals surface area contributed by atoms with E-state index in [4.69, 9.17) is 0 Å². The van der Waals surface area contributed by atoms with Crippen molar-refractivity contribution in [3.63, 3.8) is 0 Å². The first kappa shape index (κ1) is 21.8. The van der Waals surface area contributed by atoms with E-state index < -0.39 is 17.6 Å². The molecule has 1 aromatic heterocycles. The van der Waals surface area contributed by atoms with Crippen molar-refractivity contribution in [1.82, 2.24) is 15.2 Å². The molecule has 0 bridgehead atoms. The van der Waals surface area contributed by atoms with Crippen LogP contribution >= 0.6 is 11.3 Å². The predicted octanol–water partition coefficient (Wildman–Crippen LogP) is 3.68. The zero-order valence-corrected chi connectivity index (χ0v) is 17.8. The highest BCUT2D eigenvalue weighted by molar-refractivity contribution is 7.09. The third kappa shape index (κ3) is 4.74. The molecular formula is C21H23F3N4O2S. The van der Waals surface area contributed by atoms with Gasteiger partial charge in [0.1, 0.15) is 5.82 Å². The SMILES string of the molecule is Cc1ncsc1C(CNC(=O)c1cc2c(cc1F)NC(=O)CC2)N1CCC(F)(F)CC1. The third-order valence-electron chi connectivity index (χ3n) is 5.84. The summed E-state index contributed by atoms with van der Waals surface area (Å²) in [4.78, 5) is 31.3. The Bertz CT molecular complexity index is 1000. The maximum atomic E-state index is 14.5. The van der Waals surface area contributed by atoms with Crippen molar-refractivity contribution < 1.29 is 22.8 Å². The fourth-order valence-electron chi connectivity index (χ4n) is 4.04. The summed E-state index contributed by atoms with van der Waals surface area (Å²) in [6, 6.07) is 2.32. The number of amides is 2. The van der Waals surface area contributed by atoms with Crippen LogP contribution < -0.4 is 10.6 Å². The number of nitrogens with zero attached hydrogens (tertiary/aromatic N) is 2. The number of halogens is 3. The van der Waals surface area contributed by atoms with Gasteiger partial charge in [0.15, 0.2) is 0 Å². The standard InChI is InChI=1S/C21H23F3N4O2S/c1-12-19(31-11-26-12)17(28-6-4-21(23,24)5-7-28)10-25-20(30)14-8-13-2-3-18(29)27-16(13)9-15(14)22/h8-9,11,17H,2-7,10H2,1H3,(H,25,30)(H,27,29). The lowest BCUT2D eigenvalue weighted by atomic mass is 9.99. The number of aromatic nitrogens is 1. The number of nitrogens with one attached hydrogen (secondary N) is 2. The number of likely N-dealkylation sites (tertiary alicyclic amines) is 1. The number of aryl methyl sites for hydroxylation is 2. The van der Waals surface area contributed by atoms with Gasteiger partial charge in [-0.3, -0.25) is 14.5 Å². The number of fused-ring (bicyclic) bond motifs is 1. The van der Waals surface area contributed by atoms with Crippen LogP contribution in [0.2, 0.25) is 0 Å². The summed E-state index contributed by atoms with van der Waals surface area (Å²) in [7, 11) is 0. The van der Waals surface area contributed by atoms with Gasteiger partial charge >= 0.3 is 0 Å². The minimum atomic E-state index is -2.67. The van der Waals surface area contributed by atoms with Gasteiger partial charge in [0.05, 0.1) is 22.8 Å². The van der Waals surface area contributed by atoms with Crippen molar-refractivity contribution in [3.05, 3.63) is 45.2 Å². The topological polar surface area (TPSA) is 74.3 Å². The van der Waals surface area contributed by atoms with Crippen molar-refractivity contribution in [2.75, 3.05) is 25.0 Å². The van der Waals surface area contributed by atoms with Crippen molar-refractivity contribution in [1.29, 1.82) is 0 Å². The van der Waals surface area contributed by atoms with Crippen LogP contribution in [-0.2, 0) is 11.2 Å².